The first kappa shape index (κ1) is 15.7. The van der Waals surface area contributed by atoms with Gasteiger partial charge in [-0.25, -0.2) is 4.68 Å². The van der Waals surface area contributed by atoms with E-state index in [0.717, 1.165) is 22.3 Å². The summed E-state index contributed by atoms with van der Waals surface area (Å²) >= 11 is 3.46. The van der Waals surface area contributed by atoms with Crippen molar-refractivity contribution in [3.8, 4) is 5.69 Å². The quantitative estimate of drug-likeness (QED) is 0.739. The number of aromatic nitrogens is 2. The predicted molar refractivity (Wildman–Crippen MR) is 83.4 cm³/mol. The summed E-state index contributed by atoms with van der Waals surface area (Å²) < 4.78 is 7.64. The van der Waals surface area contributed by atoms with E-state index in [1.165, 1.54) is 0 Å². The molecule has 0 aliphatic carbocycles. The first-order chi connectivity index (χ1) is 10.1. The summed E-state index contributed by atoms with van der Waals surface area (Å²) in [5, 5.41) is 7.48. The SMILES string of the molecule is COCCNCc1cc(Br)ccc1-n1ccc(C(N)=O)n1. The van der Waals surface area contributed by atoms with Gasteiger partial charge in [-0.1, -0.05) is 15.9 Å². The van der Waals surface area contributed by atoms with E-state index in [2.05, 4.69) is 26.3 Å². The van der Waals surface area contributed by atoms with Gasteiger partial charge in [0.2, 0.25) is 0 Å². The standard InChI is InChI=1S/C14H17BrN4O2/c1-21-7-5-17-9-10-8-11(15)2-3-13(10)19-6-4-12(18-19)14(16)20/h2-4,6,8,17H,5,7,9H2,1H3,(H2,16,20). The van der Waals surface area contributed by atoms with Crippen molar-refractivity contribution in [2.75, 3.05) is 20.3 Å². The number of hydrogen-bond donors (Lipinski definition) is 2. The van der Waals surface area contributed by atoms with Crippen LogP contribution in [0.15, 0.2) is 34.9 Å². The molecule has 0 radical (unpaired) electrons. The van der Waals surface area contributed by atoms with Gasteiger partial charge in [0.05, 0.1) is 12.3 Å². The van der Waals surface area contributed by atoms with Gasteiger partial charge < -0.3 is 15.8 Å². The molecule has 0 bridgehead atoms. The van der Waals surface area contributed by atoms with Gasteiger partial charge in [-0.2, -0.15) is 5.10 Å². The van der Waals surface area contributed by atoms with Crippen molar-refractivity contribution in [2.24, 2.45) is 5.73 Å². The van der Waals surface area contributed by atoms with Crippen molar-refractivity contribution in [3.63, 3.8) is 0 Å². The summed E-state index contributed by atoms with van der Waals surface area (Å²) in [5.41, 5.74) is 7.43. The number of primary amides is 1. The van der Waals surface area contributed by atoms with Crippen molar-refractivity contribution < 1.29 is 9.53 Å². The Labute approximate surface area is 131 Å². The van der Waals surface area contributed by atoms with Gasteiger partial charge in [0.25, 0.3) is 5.91 Å². The van der Waals surface area contributed by atoms with Crippen molar-refractivity contribution >= 4 is 21.8 Å². The first-order valence-electron chi connectivity index (χ1n) is 6.45. The molecule has 0 aliphatic rings. The van der Waals surface area contributed by atoms with Gasteiger partial charge in [0.15, 0.2) is 0 Å². The van der Waals surface area contributed by atoms with E-state index >= 15 is 0 Å². The Kier molecular flexibility index (Phi) is 5.49. The molecule has 0 saturated carbocycles. The van der Waals surface area contributed by atoms with Gasteiger partial charge in [0, 0.05) is 30.9 Å². The molecule has 112 valence electrons. The average Bonchev–Trinajstić information content (AvgIpc) is 2.93. The summed E-state index contributed by atoms with van der Waals surface area (Å²) in [7, 11) is 1.67. The Morgan fingerprint density at radius 3 is 2.95 bits per heavy atom. The normalized spacial score (nSPS) is 10.8. The fourth-order valence-corrected chi connectivity index (χ4v) is 2.31. The van der Waals surface area contributed by atoms with E-state index < -0.39 is 5.91 Å². The van der Waals surface area contributed by atoms with E-state index in [4.69, 9.17) is 10.5 Å². The van der Waals surface area contributed by atoms with E-state index in [-0.39, 0.29) is 5.69 Å². The Morgan fingerprint density at radius 2 is 2.29 bits per heavy atom. The van der Waals surface area contributed by atoms with Crippen molar-refractivity contribution in [2.45, 2.75) is 6.54 Å². The number of amides is 1. The summed E-state index contributed by atoms with van der Waals surface area (Å²) in [6.07, 6.45) is 1.72. The highest BCUT2D eigenvalue weighted by atomic mass is 79.9. The molecule has 0 fully saturated rings. The third-order valence-electron chi connectivity index (χ3n) is 2.93. The monoisotopic (exact) mass is 352 g/mol. The van der Waals surface area contributed by atoms with Crippen LogP contribution in [0.5, 0.6) is 0 Å². The lowest BCUT2D eigenvalue weighted by atomic mass is 10.2. The van der Waals surface area contributed by atoms with Crippen LogP contribution >= 0.6 is 15.9 Å². The van der Waals surface area contributed by atoms with E-state index in [0.29, 0.717) is 13.2 Å². The number of methoxy groups -OCH3 is 1. The Hall–Kier alpha value is -1.70. The largest absolute Gasteiger partial charge is 0.383 e. The number of rotatable bonds is 7. The van der Waals surface area contributed by atoms with Crippen LogP contribution in [0.2, 0.25) is 0 Å². The lowest BCUT2D eigenvalue weighted by Crippen LogP contribution is -2.20. The fraction of sp³-hybridized carbons (Fsp3) is 0.286. The van der Waals surface area contributed by atoms with Crippen LogP contribution in [-0.4, -0.2) is 35.9 Å². The third kappa shape index (κ3) is 4.13. The molecule has 0 atom stereocenters. The van der Waals surface area contributed by atoms with Crippen LogP contribution in [0.25, 0.3) is 5.69 Å². The van der Waals surface area contributed by atoms with Crippen LogP contribution < -0.4 is 11.1 Å². The molecular formula is C14H17BrN4O2. The molecular weight excluding hydrogens is 336 g/mol. The molecule has 0 unspecified atom stereocenters. The molecule has 2 rings (SSSR count). The van der Waals surface area contributed by atoms with E-state index in [1.807, 2.05) is 18.2 Å². The lowest BCUT2D eigenvalue weighted by molar-refractivity contribution is 0.0995. The van der Waals surface area contributed by atoms with Crippen LogP contribution in [-0.2, 0) is 11.3 Å². The predicted octanol–water partition coefficient (Wildman–Crippen LogP) is 1.47. The second-order valence-electron chi connectivity index (χ2n) is 4.45. The number of carbonyl (C=O) groups excluding carboxylic acids is 1. The second kappa shape index (κ2) is 7.35. The topological polar surface area (TPSA) is 82.2 Å². The lowest BCUT2D eigenvalue weighted by Gasteiger charge is -2.11. The van der Waals surface area contributed by atoms with Crippen molar-refractivity contribution in [3.05, 3.63) is 46.2 Å². The maximum Gasteiger partial charge on any atom is 0.269 e. The molecule has 7 heteroatoms. The molecule has 21 heavy (non-hydrogen) atoms. The van der Waals surface area contributed by atoms with Gasteiger partial charge >= 0.3 is 0 Å². The van der Waals surface area contributed by atoms with Gasteiger partial charge in [-0.05, 0) is 29.8 Å². The highest BCUT2D eigenvalue weighted by Crippen LogP contribution is 2.20. The smallest absolute Gasteiger partial charge is 0.269 e. The maximum atomic E-state index is 11.1. The minimum atomic E-state index is -0.536. The summed E-state index contributed by atoms with van der Waals surface area (Å²) in [4.78, 5) is 11.1. The zero-order valence-corrected chi connectivity index (χ0v) is 13.3. The number of nitrogens with two attached hydrogens (primary N) is 1. The summed E-state index contributed by atoms with van der Waals surface area (Å²) in [5.74, 6) is -0.536. The number of ether oxygens (including phenoxy) is 1. The first-order valence-corrected chi connectivity index (χ1v) is 7.25. The van der Waals surface area contributed by atoms with E-state index in [9.17, 15) is 4.79 Å². The Morgan fingerprint density at radius 1 is 1.48 bits per heavy atom. The molecule has 0 aliphatic heterocycles. The zero-order valence-electron chi connectivity index (χ0n) is 11.7. The molecule has 0 saturated heterocycles. The van der Waals surface area contributed by atoms with Crippen LogP contribution in [0, 0.1) is 0 Å². The van der Waals surface area contributed by atoms with Crippen LogP contribution in [0.1, 0.15) is 16.1 Å². The molecule has 0 spiro atoms. The minimum absolute atomic E-state index is 0.246. The molecule has 1 amide bonds. The number of benzene rings is 1. The molecule has 1 heterocycles. The minimum Gasteiger partial charge on any atom is -0.383 e. The van der Waals surface area contributed by atoms with Crippen LogP contribution in [0.4, 0.5) is 0 Å². The number of halogens is 1. The number of nitrogens with zero attached hydrogens (tertiary/aromatic N) is 2. The summed E-state index contributed by atoms with van der Waals surface area (Å²) in [6, 6.07) is 7.49. The fourth-order valence-electron chi connectivity index (χ4n) is 1.91. The van der Waals surface area contributed by atoms with Gasteiger partial charge in [-0.3, -0.25) is 4.79 Å². The third-order valence-corrected chi connectivity index (χ3v) is 3.42. The highest BCUT2D eigenvalue weighted by molar-refractivity contribution is 9.10. The molecule has 2 aromatic rings. The van der Waals surface area contributed by atoms with Crippen molar-refractivity contribution in [1.29, 1.82) is 0 Å². The second-order valence-corrected chi connectivity index (χ2v) is 5.37. The van der Waals surface area contributed by atoms with Crippen molar-refractivity contribution in [1.82, 2.24) is 15.1 Å². The number of nitrogens with one attached hydrogen (secondary N) is 1. The average molecular weight is 353 g/mol. The highest BCUT2D eigenvalue weighted by Gasteiger charge is 2.09. The van der Waals surface area contributed by atoms with Crippen LogP contribution in [0.3, 0.4) is 0 Å². The zero-order chi connectivity index (χ0) is 15.2. The Bertz CT molecular complexity index is 627. The summed E-state index contributed by atoms with van der Waals surface area (Å²) in [6.45, 7) is 2.08. The molecule has 1 aromatic heterocycles. The Balaban J connectivity index is 2.22. The molecule has 6 nitrogen and oxygen atoms in total. The van der Waals surface area contributed by atoms with Gasteiger partial charge in [0.1, 0.15) is 5.69 Å². The van der Waals surface area contributed by atoms with E-state index in [1.54, 1.807) is 24.1 Å². The number of carbonyl (C=O) groups is 1. The van der Waals surface area contributed by atoms with Gasteiger partial charge in [-0.15, -0.1) is 0 Å². The molecule has 1 aromatic carbocycles. The molecule has 3 N–H and O–H groups in total. The number of hydrogen-bond acceptors (Lipinski definition) is 4. The maximum absolute atomic E-state index is 11.1.